The van der Waals surface area contributed by atoms with Crippen LogP contribution in [0.5, 0.6) is 0 Å². The van der Waals surface area contributed by atoms with Gasteiger partial charge in [-0.3, -0.25) is 9.59 Å². The number of halogens is 3. The number of likely N-dealkylation sites (N-methyl/N-ethyl adjacent to an activating group) is 1. The molecule has 0 atom stereocenters. The molecule has 2 N–H and O–H groups in total. The topological polar surface area (TPSA) is 122 Å². The van der Waals surface area contributed by atoms with Gasteiger partial charge < -0.3 is 19.2 Å². The first-order valence-corrected chi connectivity index (χ1v) is 12.8. The minimum absolute atomic E-state index is 0.0467. The number of benzene rings is 2. The molecule has 1 aliphatic heterocycles. The first-order chi connectivity index (χ1) is 19.7. The van der Waals surface area contributed by atoms with Crippen molar-refractivity contribution in [1.29, 1.82) is 0 Å². The maximum Gasteiger partial charge on any atom is 0.316 e. The maximum absolute atomic E-state index is 14.9. The molecule has 41 heavy (non-hydrogen) atoms. The fourth-order valence-corrected chi connectivity index (χ4v) is 4.99. The number of nitrogens with zero attached hydrogens (tertiary/aromatic N) is 5. The molecule has 0 fully saturated rings. The van der Waals surface area contributed by atoms with Gasteiger partial charge in [0.1, 0.15) is 5.82 Å². The van der Waals surface area contributed by atoms with Gasteiger partial charge in [0.2, 0.25) is 0 Å². The highest BCUT2D eigenvalue weighted by Gasteiger charge is 2.35. The summed E-state index contributed by atoms with van der Waals surface area (Å²) in [5.41, 5.74) is 0.825. The normalized spacial score (nSPS) is 13.5. The highest BCUT2D eigenvalue weighted by Crippen LogP contribution is 2.32. The quantitative estimate of drug-likeness (QED) is 0.311. The van der Waals surface area contributed by atoms with Crippen LogP contribution in [0.15, 0.2) is 63.8 Å². The predicted molar refractivity (Wildman–Crippen MR) is 142 cm³/mol. The number of hydrogen-bond donors (Lipinski definition) is 2. The number of aromatic nitrogens is 5. The summed E-state index contributed by atoms with van der Waals surface area (Å²) in [5.74, 6) is -4.06. The first kappa shape index (κ1) is 26.4. The Morgan fingerprint density at radius 3 is 2.71 bits per heavy atom. The van der Waals surface area contributed by atoms with Crippen LogP contribution in [0, 0.1) is 5.82 Å². The molecule has 0 aliphatic carbocycles. The van der Waals surface area contributed by atoms with Gasteiger partial charge in [-0.05, 0) is 42.9 Å². The minimum atomic E-state index is -3.19. The number of alkyl halides is 2. The Hall–Kier alpha value is -4.78. The van der Waals surface area contributed by atoms with E-state index in [4.69, 9.17) is 4.42 Å². The van der Waals surface area contributed by atoms with Crippen LogP contribution in [-0.4, -0.2) is 55.9 Å². The van der Waals surface area contributed by atoms with Gasteiger partial charge in [0.15, 0.2) is 23.2 Å². The summed E-state index contributed by atoms with van der Waals surface area (Å²) in [6.07, 6.45) is 0.272. The van der Waals surface area contributed by atoms with E-state index < -0.39 is 30.0 Å². The largest absolute Gasteiger partial charge is 0.451 e. The van der Waals surface area contributed by atoms with Crippen LogP contribution < -0.4 is 10.9 Å². The molecule has 0 radical (unpaired) electrons. The molecule has 0 saturated heterocycles. The number of rotatable bonds is 7. The molecule has 3 aromatic heterocycles. The monoisotopic (exact) mass is 563 g/mol. The molecule has 0 bridgehead atoms. The Labute approximate surface area is 230 Å². The Morgan fingerprint density at radius 1 is 1.10 bits per heavy atom. The second-order valence-electron chi connectivity index (χ2n) is 9.75. The van der Waals surface area contributed by atoms with E-state index in [2.05, 4.69) is 25.7 Å². The van der Waals surface area contributed by atoms with E-state index in [9.17, 15) is 22.8 Å². The van der Waals surface area contributed by atoms with Gasteiger partial charge in [-0.15, -0.1) is 10.2 Å². The summed E-state index contributed by atoms with van der Waals surface area (Å²) in [6.45, 7) is -0.0487. The SMILES string of the molecule is CNCC(F)(F)c1ccc(-c2nnc3n2CCN(C(=O)c2cc(Cc4n[nH]c(=O)c5ccccc45)ccc2F)C3)o1. The van der Waals surface area contributed by atoms with Crippen LogP contribution >= 0.6 is 0 Å². The number of carbonyl (C=O) groups excluding carboxylic acids is 1. The number of nitrogens with one attached hydrogen (secondary N) is 2. The molecule has 0 saturated carbocycles. The predicted octanol–water partition coefficient (Wildman–Crippen LogP) is 3.47. The first-order valence-electron chi connectivity index (χ1n) is 12.8. The maximum atomic E-state index is 14.9. The molecule has 1 amide bonds. The summed E-state index contributed by atoms with van der Waals surface area (Å²) in [7, 11) is 1.42. The molecule has 2 aromatic carbocycles. The molecule has 1 aliphatic rings. The second-order valence-corrected chi connectivity index (χ2v) is 9.75. The second kappa shape index (κ2) is 10.3. The van der Waals surface area contributed by atoms with Crippen LogP contribution in [0.2, 0.25) is 0 Å². The summed E-state index contributed by atoms with van der Waals surface area (Å²) in [4.78, 5) is 27.0. The van der Waals surface area contributed by atoms with Crippen LogP contribution in [0.1, 0.15) is 33.2 Å². The Bertz CT molecular complexity index is 1830. The summed E-state index contributed by atoms with van der Waals surface area (Å²) >= 11 is 0. The van der Waals surface area contributed by atoms with Gasteiger partial charge >= 0.3 is 5.92 Å². The number of fused-ring (bicyclic) bond motifs is 2. The van der Waals surface area contributed by atoms with E-state index in [-0.39, 0.29) is 48.8 Å². The summed E-state index contributed by atoms with van der Waals surface area (Å²) in [5, 5.41) is 18.5. The zero-order chi connectivity index (χ0) is 28.7. The number of hydrogen-bond acceptors (Lipinski definition) is 7. The van der Waals surface area contributed by atoms with E-state index in [0.29, 0.717) is 27.9 Å². The van der Waals surface area contributed by atoms with Crippen molar-refractivity contribution in [3.63, 3.8) is 0 Å². The lowest BCUT2D eigenvalue weighted by Crippen LogP contribution is -2.39. The number of H-pyrrole nitrogens is 1. The van der Waals surface area contributed by atoms with Gasteiger partial charge in [0, 0.05) is 24.9 Å². The average molecular weight is 564 g/mol. The van der Waals surface area contributed by atoms with Crippen molar-refractivity contribution in [3.05, 3.63) is 99.2 Å². The van der Waals surface area contributed by atoms with Crippen molar-refractivity contribution in [3.8, 4) is 11.6 Å². The van der Waals surface area contributed by atoms with Crippen LogP contribution in [0.3, 0.4) is 0 Å². The zero-order valence-electron chi connectivity index (χ0n) is 21.8. The van der Waals surface area contributed by atoms with Gasteiger partial charge in [0.25, 0.3) is 11.5 Å². The minimum Gasteiger partial charge on any atom is -0.451 e. The highest BCUT2D eigenvalue weighted by atomic mass is 19.3. The molecule has 4 heterocycles. The lowest BCUT2D eigenvalue weighted by Gasteiger charge is -2.28. The molecule has 0 unspecified atom stereocenters. The standard InChI is InChI=1S/C28H24F3N7O3/c1-32-15-28(30,31)23-9-8-22(41-23)25-35-34-24-14-37(10-11-38(24)25)27(40)19-12-16(6-7-20(19)29)13-21-17-4-2-3-5-18(17)26(39)36-33-21/h2-9,12,32H,10-11,13-15H2,1H3,(H,36,39). The summed E-state index contributed by atoms with van der Waals surface area (Å²) in [6, 6.07) is 14.0. The molecular formula is C28H24F3N7O3. The molecule has 210 valence electrons. The number of amides is 1. The molecule has 13 heteroatoms. The Balaban J connectivity index is 1.22. The Morgan fingerprint density at radius 2 is 1.90 bits per heavy atom. The molecule has 6 rings (SSSR count). The van der Waals surface area contributed by atoms with Crippen molar-refractivity contribution >= 4 is 16.7 Å². The lowest BCUT2D eigenvalue weighted by atomic mass is 10.0. The average Bonchev–Trinajstić information content (AvgIpc) is 3.63. The van der Waals surface area contributed by atoms with Crippen molar-refractivity contribution in [1.82, 2.24) is 35.2 Å². The molecule has 0 spiro atoms. The fourth-order valence-electron chi connectivity index (χ4n) is 4.99. The van der Waals surface area contributed by atoms with Gasteiger partial charge in [-0.25, -0.2) is 9.49 Å². The van der Waals surface area contributed by atoms with Crippen molar-refractivity contribution in [2.24, 2.45) is 0 Å². The van der Waals surface area contributed by atoms with Crippen LogP contribution in [0.4, 0.5) is 13.2 Å². The number of furan rings is 1. The fraction of sp³-hybridized carbons (Fsp3) is 0.250. The van der Waals surface area contributed by atoms with Crippen LogP contribution in [0.25, 0.3) is 22.4 Å². The van der Waals surface area contributed by atoms with Crippen molar-refractivity contribution < 1.29 is 22.4 Å². The van der Waals surface area contributed by atoms with E-state index in [1.54, 1.807) is 34.9 Å². The van der Waals surface area contributed by atoms with E-state index >= 15 is 0 Å². The molecule has 5 aromatic rings. The van der Waals surface area contributed by atoms with Gasteiger partial charge in [0.05, 0.1) is 29.7 Å². The van der Waals surface area contributed by atoms with E-state index in [1.807, 2.05) is 0 Å². The third kappa shape index (κ3) is 4.88. The van der Waals surface area contributed by atoms with Gasteiger partial charge in [-0.2, -0.15) is 13.9 Å². The van der Waals surface area contributed by atoms with Crippen LogP contribution in [-0.2, 0) is 25.4 Å². The third-order valence-electron chi connectivity index (χ3n) is 7.03. The smallest absolute Gasteiger partial charge is 0.316 e. The highest BCUT2D eigenvalue weighted by molar-refractivity contribution is 5.94. The van der Waals surface area contributed by atoms with Gasteiger partial charge in [-0.1, -0.05) is 24.3 Å². The Kier molecular flexibility index (Phi) is 6.66. The molecule has 10 nitrogen and oxygen atoms in total. The lowest BCUT2D eigenvalue weighted by molar-refractivity contribution is -0.0221. The van der Waals surface area contributed by atoms with E-state index in [0.717, 1.165) is 0 Å². The van der Waals surface area contributed by atoms with Crippen molar-refractivity contribution in [2.45, 2.75) is 25.4 Å². The third-order valence-corrected chi connectivity index (χ3v) is 7.03. The van der Waals surface area contributed by atoms with E-state index in [1.165, 1.54) is 36.2 Å². The molecular weight excluding hydrogens is 539 g/mol. The number of carbonyl (C=O) groups is 1. The number of aromatic amines is 1. The summed E-state index contributed by atoms with van der Waals surface area (Å²) < 4.78 is 50.4. The van der Waals surface area contributed by atoms with Crippen molar-refractivity contribution in [2.75, 3.05) is 20.1 Å². The zero-order valence-corrected chi connectivity index (χ0v) is 21.8.